The average Bonchev–Trinajstić information content (AvgIpc) is 2.94. The van der Waals surface area contributed by atoms with Crippen LogP contribution in [0.15, 0.2) is 17.5 Å². The number of carbonyl (C=O) groups is 1. The number of aromatic nitrogens is 1. The Morgan fingerprint density at radius 1 is 1.29 bits per heavy atom. The number of carbonyl (C=O) groups excluding carboxylic acids is 1. The van der Waals surface area contributed by atoms with E-state index in [9.17, 15) is 4.79 Å². The van der Waals surface area contributed by atoms with Crippen molar-refractivity contribution in [2.24, 2.45) is 11.8 Å². The first kappa shape index (κ1) is 14.3. The van der Waals surface area contributed by atoms with Gasteiger partial charge in [0.2, 0.25) is 5.91 Å². The van der Waals surface area contributed by atoms with Crippen molar-refractivity contribution in [2.75, 3.05) is 5.32 Å². The molecule has 1 N–H and O–H groups in total. The predicted octanol–water partition coefficient (Wildman–Crippen LogP) is 4.33. The summed E-state index contributed by atoms with van der Waals surface area (Å²) < 4.78 is 0. The van der Waals surface area contributed by atoms with Gasteiger partial charge in [0, 0.05) is 16.9 Å². The number of hydrogen-bond donors (Lipinski definition) is 1. The van der Waals surface area contributed by atoms with E-state index in [0.717, 1.165) is 12.1 Å². The maximum Gasteiger partial charge on any atom is 0.229 e. The summed E-state index contributed by atoms with van der Waals surface area (Å²) in [7, 11) is 0. The Morgan fingerprint density at radius 2 is 1.90 bits per heavy atom. The number of nitrogens with one attached hydrogen (secondary N) is 1. The van der Waals surface area contributed by atoms with E-state index in [1.165, 1.54) is 33.6 Å². The normalized spacial score (nSPS) is 20.4. The molecule has 0 aliphatic heterocycles. The molecule has 21 heavy (non-hydrogen) atoms. The highest BCUT2D eigenvalue weighted by molar-refractivity contribution is 7.14. The molecule has 3 nitrogen and oxygen atoms in total. The van der Waals surface area contributed by atoms with Gasteiger partial charge >= 0.3 is 0 Å². The predicted molar refractivity (Wildman–Crippen MR) is 87.7 cm³/mol. The topological polar surface area (TPSA) is 42.0 Å². The zero-order valence-electron chi connectivity index (χ0n) is 12.9. The molecule has 4 heteroatoms. The number of hydrogen-bond acceptors (Lipinski definition) is 3. The van der Waals surface area contributed by atoms with Gasteiger partial charge in [-0.05, 0) is 44.2 Å². The Kier molecular flexibility index (Phi) is 3.57. The Hall–Kier alpha value is -1.68. The summed E-state index contributed by atoms with van der Waals surface area (Å²) >= 11 is 1.50. The summed E-state index contributed by atoms with van der Waals surface area (Å²) in [5.74, 6) is 0.812. The van der Waals surface area contributed by atoms with Crippen molar-refractivity contribution in [1.82, 2.24) is 4.98 Å². The maximum atomic E-state index is 12.0. The van der Waals surface area contributed by atoms with Crippen molar-refractivity contribution in [1.29, 1.82) is 0 Å². The van der Waals surface area contributed by atoms with E-state index in [-0.39, 0.29) is 11.8 Å². The van der Waals surface area contributed by atoms with Crippen LogP contribution in [0.2, 0.25) is 0 Å². The maximum absolute atomic E-state index is 12.0. The highest BCUT2D eigenvalue weighted by Crippen LogP contribution is 2.39. The monoisotopic (exact) mass is 300 g/mol. The summed E-state index contributed by atoms with van der Waals surface area (Å²) in [6.45, 7) is 8.43. The van der Waals surface area contributed by atoms with Gasteiger partial charge in [0.05, 0.1) is 5.69 Å². The first-order valence-electron chi connectivity index (χ1n) is 7.30. The van der Waals surface area contributed by atoms with E-state index in [2.05, 4.69) is 50.1 Å². The Balaban J connectivity index is 1.83. The summed E-state index contributed by atoms with van der Waals surface area (Å²) in [5.41, 5.74) is 5.85. The van der Waals surface area contributed by atoms with Crippen LogP contribution in [-0.2, 0) is 4.79 Å². The van der Waals surface area contributed by atoms with Gasteiger partial charge in [-0.25, -0.2) is 4.98 Å². The van der Waals surface area contributed by atoms with Crippen LogP contribution in [0.25, 0.3) is 11.3 Å². The van der Waals surface area contributed by atoms with Crippen molar-refractivity contribution in [2.45, 2.75) is 34.1 Å². The molecule has 0 bridgehead atoms. The molecular weight excluding hydrogens is 280 g/mol. The molecule has 1 saturated carbocycles. The fourth-order valence-electron chi connectivity index (χ4n) is 2.92. The van der Waals surface area contributed by atoms with Crippen molar-refractivity contribution < 1.29 is 4.79 Å². The first-order valence-corrected chi connectivity index (χ1v) is 8.18. The molecule has 1 aliphatic carbocycles. The molecule has 1 heterocycles. The number of amides is 1. The molecule has 1 amide bonds. The molecule has 0 radical (unpaired) electrons. The van der Waals surface area contributed by atoms with Gasteiger partial charge in [-0.2, -0.15) is 0 Å². The van der Waals surface area contributed by atoms with E-state index < -0.39 is 0 Å². The summed E-state index contributed by atoms with van der Waals surface area (Å²) in [6, 6.07) is 4.34. The van der Waals surface area contributed by atoms with Crippen molar-refractivity contribution in [3.63, 3.8) is 0 Å². The van der Waals surface area contributed by atoms with Gasteiger partial charge < -0.3 is 5.32 Å². The van der Waals surface area contributed by atoms with E-state index in [4.69, 9.17) is 0 Å². The van der Waals surface area contributed by atoms with Crippen LogP contribution >= 0.6 is 11.3 Å². The summed E-state index contributed by atoms with van der Waals surface area (Å²) in [5, 5.41) is 5.67. The molecule has 0 unspecified atom stereocenters. The van der Waals surface area contributed by atoms with Crippen molar-refractivity contribution in [3.8, 4) is 11.3 Å². The van der Waals surface area contributed by atoms with Crippen molar-refractivity contribution >= 4 is 22.4 Å². The van der Waals surface area contributed by atoms with Gasteiger partial charge in [-0.1, -0.05) is 24.6 Å². The second kappa shape index (κ2) is 5.26. The lowest BCUT2D eigenvalue weighted by molar-refractivity contribution is -0.117. The Labute approximate surface area is 129 Å². The number of aryl methyl sites for hydroxylation is 3. The van der Waals surface area contributed by atoms with Gasteiger partial charge in [0.15, 0.2) is 5.13 Å². The van der Waals surface area contributed by atoms with Gasteiger partial charge in [0.1, 0.15) is 0 Å². The second-order valence-electron chi connectivity index (χ2n) is 6.12. The smallest absolute Gasteiger partial charge is 0.229 e. The molecule has 0 saturated heterocycles. The minimum Gasteiger partial charge on any atom is -0.302 e. The third kappa shape index (κ3) is 2.86. The quantitative estimate of drug-likeness (QED) is 0.916. The van der Waals surface area contributed by atoms with Crippen LogP contribution in [0, 0.1) is 32.6 Å². The van der Waals surface area contributed by atoms with Gasteiger partial charge in [-0.3, -0.25) is 4.79 Å². The number of anilines is 1. The molecular formula is C17H20N2OS. The Bertz CT molecular complexity index is 682. The average molecular weight is 300 g/mol. The standard InChI is InChI=1S/C17H20N2OS/c1-9-5-11(3)15(12(4)6-9)14-8-21-17(18-14)19-16(20)13-7-10(13)2/h5-6,8,10,13H,7H2,1-4H3,(H,18,19,20)/t10-,13+/m0/s1. The van der Waals surface area contributed by atoms with Crippen LogP contribution < -0.4 is 5.32 Å². The molecule has 110 valence electrons. The van der Waals surface area contributed by atoms with Crippen LogP contribution in [-0.4, -0.2) is 10.9 Å². The van der Waals surface area contributed by atoms with Gasteiger partial charge in [0.25, 0.3) is 0 Å². The lowest BCUT2D eigenvalue weighted by Gasteiger charge is -2.08. The highest BCUT2D eigenvalue weighted by atomic mass is 32.1. The van der Waals surface area contributed by atoms with Crippen molar-refractivity contribution in [3.05, 3.63) is 34.2 Å². The molecule has 3 rings (SSSR count). The summed E-state index contributed by atoms with van der Waals surface area (Å²) in [4.78, 5) is 16.6. The molecule has 1 aliphatic rings. The largest absolute Gasteiger partial charge is 0.302 e. The van der Waals surface area contributed by atoms with Gasteiger partial charge in [-0.15, -0.1) is 11.3 Å². The number of thiazole rings is 1. The Morgan fingerprint density at radius 3 is 2.48 bits per heavy atom. The van der Waals surface area contributed by atoms with E-state index >= 15 is 0 Å². The number of benzene rings is 1. The molecule has 2 aromatic rings. The molecule has 1 aromatic heterocycles. The third-order valence-electron chi connectivity index (χ3n) is 4.11. The molecule has 0 spiro atoms. The zero-order chi connectivity index (χ0) is 15.1. The first-order chi connectivity index (χ1) is 9.95. The van der Waals surface area contributed by atoms with E-state index in [1.54, 1.807) is 0 Å². The minimum atomic E-state index is 0.112. The highest BCUT2D eigenvalue weighted by Gasteiger charge is 2.39. The van der Waals surface area contributed by atoms with Crippen LogP contribution in [0.5, 0.6) is 0 Å². The zero-order valence-corrected chi connectivity index (χ0v) is 13.7. The second-order valence-corrected chi connectivity index (χ2v) is 6.98. The van der Waals surface area contributed by atoms with Crippen LogP contribution in [0.1, 0.15) is 30.0 Å². The number of nitrogens with zero attached hydrogens (tertiary/aromatic N) is 1. The molecule has 2 atom stereocenters. The lowest BCUT2D eigenvalue weighted by Crippen LogP contribution is -2.14. The lowest BCUT2D eigenvalue weighted by atomic mass is 9.98. The number of rotatable bonds is 3. The minimum absolute atomic E-state index is 0.112. The third-order valence-corrected chi connectivity index (χ3v) is 4.87. The van der Waals surface area contributed by atoms with Crippen LogP contribution in [0.3, 0.4) is 0 Å². The van der Waals surface area contributed by atoms with E-state index in [1.807, 2.05) is 5.38 Å². The fraction of sp³-hybridized carbons (Fsp3) is 0.412. The molecule has 1 fully saturated rings. The fourth-order valence-corrected chi connectivity index (χ4v) is 3.62. The summed E-state index contributed by atoms with van der Waals surface area (Å²) in [6.07, 6.45) is 1.00. The van der Waals surface area contributed by atoms with E-state index in [0.29, 0.717) is 11.0 Å². The SMILES string of the molecule is Cc1cc(C)c(-c2csc(NC(=O)[C@@H]3C[C@@H]3C)n2)c(C)c1. The van der Waals surface area contributed by atoms with Crippen LogP contribution in [0.4, 0.5) is 5.13 Å². The molecule has 1 aromatic carbocycles.